The Morgan fingerprint density at radius 2 is 1.94 bits per heavy atom. The van der Waals surface area contributed by atoms with Gasteiger partial charge in [-0.05, 0) is 30.9 Å². The monoisotopic (exact) mass is 218 g/mol. The third kappa shape index (κ3) is 1.61. The molecule has 2 rings (SSSR count). The molecule has 0 saturated carbocycles. The van der Waals surface area contributed by atoms with Crippen LogP contribution in [0.2, 0.25) is 0 Å². The molecule has 0 aliphatic carbocycles. The molecule has 0 saturated heterocycles. The molecule has 1 aliphatic heterocycles. The van der Waals surface area contributed by atoms with Crippen LogP contribution >= 0.6 is 0 Å². The van der Waals surface area contributed by atoms with Gasteiger partial charge in [0.1, 0.15) is 0 Å². The predicted molar refractivity (Wildman–Crippen MR) is 69.9 cm³/mol. The van der Waals surface area contributed by atoms with Crippen molar-refractivity contribution in [3.05, 3.63) is 29.8 Å². The Morgan fingerprint density at radius 3 is 2.56 bits per heavy atom. The van der Waals surface area contributed by atoms with Crippen LogP contribution in [-0.4, -0.2) is 18.6 Å². The fourth-order valence-electron chi connectivity index (χ4n) is 2.86. The van der Waals surface area contributed by atoms with Crippen molar-refractivity contribution in [1.29, 1.82) is 0 Å². The van der Waals surface area contributed by atoms with Gasteiger partial charge in [-0.15, -0.1) is 0 Å². The summed E-state index contributed by atoms with van der Waals surface area (Å²) in [4.78, 5) is 2.53. The van der Waals surface area contributed by atoms with Gasteiger partial charge in [0.05, 0.1) is 5.54 Å². The van der Waals surface area contributed by atoms with E-state index in [2.05, 4.69) is 43.0 Å². The maximum atomic E-state index is 6.02. The van der Waals surface area contributed by atoms with Crippen LogP contribution in [0.5, 0.6) is 0 Å². The third-order valence-corrected chi connectivity index (χ3v) is 4.16. The van der Waals surface area contributed by atoms with E-state index in [1.54, 1.807) is 0 Å². The van der Waals surface area contributed by atoms with Crippen molar-refractivity contribution in [3.63, 3.8) is 0 Å². The van der Waals surface area contributed by atoms with Crippen LogP contribution in [0, 0.1) is 0 Å². The molecule has 0 unspecified atom stereocenters. The van der Waals surface area contributed by atoms with Crippen molar-refractivity contribution in [2.45, 2.75) is 38.6 Å². The van der Waals surface area contributed by atoms with E-state index in [1.165, 1.54) is 11.3 Å². The first-order valence-electron chi connectivity index (χ1n) is 6.33. The van der Waals surface area contributed by atoms with Gasteiger partial charge >= 0.3 is 0 Å². The van der Waals surface area contributed by atoms with Crippen molar-refractivity contribution in [2.24, 2.45) is 5.73 Å². The minimum atomic E-state index is 0.159. The Hall–Kier alpha value is -1.02. The van der Waals surface area contributed by atoms with Gasteiger partial charge in [0.2, 0.25) is 0 Å². The highest BCUT2D eigenvalue weighted by atomic mass is 15.2. The Labute approximate surface area is 98.4 Å². The normalized spacial score (nSPS) is 15.3. The van der Waals surface area contributed by atoms with E-state index in [0.717, 1.165) is 32.4 Å². The molecular formula is C14H22N2. The van der Waals surface area contributed by atoms with Crippen molar-refractivity contribution in [3.8, 4) is 0 Å². The molecular weight excluding hydrogens is 196 g/mol. The maximum Gasteiger partial charge on any atom is 0.0519 e. The summed E-state index contributed by atoms with van der Waals surface area (Å²) in [5, 5.41) is 0. The first kappa shape index (κ1) is 11.5. The molecule has 1 aliphatic rings. The van der Waals surface area contributed by atoms with E-state index in [0.29, 0.717) is 0 Å². The Balaban J connectivity index is 2.36. The van der Waals surface area contributed by atoms with Crippen LogP contribution in [0.25, 0.3) is 0 Å². The maximum absolute atomic E-state index is 6.02. The quantitative estimate of drug-likeness (QED) is 0.841. The summed E-state index contributed by atoms with van der Waals surface area (Å²) in [6, 6.07) is 8.73. The van der Waals surface area contributed by atoms with Crippen LogP contribution in [0.1, 0.15) is 32.3 Å². The zero-order chi connectivity index (χ0) is 11.6. The molecule has 88 valence electrons. The number of para-hydroxylation sites is 1. The standard InChI is InChI=1S/C14H22N2/c1-3-14(4-2,11-15)16-10-9-12-7-5-6-8-13(12)16/h5-8H,3-4,9-11,15H2,1-2H3. The van der Waals surface area contributed by atoms with E-state index in [1.807, 2.05) is 0 Å². The molecule has 2 heteroatoms. The van der Waals surface area contributed by atoms with Gasteiger partial charge in [0, 0.05) is 18.8 Å². The molecule has 0 amide bonds. The van der Waals surface area contributed by atoms with Crippen molar-refractivity contribution in [2.75, 3.05) is 18.0 Å². The highest BCUT2D eigenvalue weighted by molar-refractivity contribution is 5.60. The summed E-state index contributed by atoms with van der Waals surface area (Å²) in [5.74, 6) is 0. The first-order chi connectivity index (χ1) is 7.77. The number of hydrogen-bond donors (Lipinski definition) is 1. The number of nitrogens with two attached hydrogens (primary N) is 1. The molecule has 1 aromatic rings. The van der Waals surface area contributed by atoms with E-state index in [9.17, 15) is 0 Å². The predicted octanol–water partition coefficient (Wildman–Crippen LogP) is 2.57. The summed E-state index contributed by atoms with van der Waals surface area (Å²) in [6.45, 7) is 6.36. The number of fused-ring (bicyclic) bond motifs is 1. The van der Waals surface area contributed by atoms with E-state index >= 15 is 0 Å². The van der Waals surface area contributed by atoms with Gasteiger partial charge in [0.25, 0.3) is 0 Å². The van der Waals surface area contributed by atoms with Crippen molar-refractivity contribution in [1.82, 2.24) is 0 Å². The second kappa shape index (κ2) is 4.46. The summed E-state index contributed by atoms with van der Waals surface area (Å²) >= 11 is 0. The van der Waals surface area contributed by atoms with E-state index in [-0.39, 0.29) is 5.54 Å². The number of benzene rings is 1. The van der Waals surface area contributed by atoms with Gasteiger partial charge in [0.15, 0.2) is 0 Å². The van der Waals surface area contributed by atoms with E-state index < -0.39 is 0 Å². The zero-order valence-corrected chi connectivity index (χ0v) is 10.4. The molecule has 0 fully saturated rings. The third-order valence-electron chi connectivity index (χ3n) is 4.16. The Bertz CT molecular complexity index is 347. The SMILES string of the molecule is CCC(CC)(CN)N1CCc2ccccc21. The van der Waals surface area contributed by atoms with Gasteiger partial charge in [-0.25, -0.2) is 0 Å². The average Bonchev–Trinajstić information content (AvgIpc) is 2.77. The van der Waals surface area contributed by atoms with Crippen molar-refractivity contribution >= 4 is 5.69 Å². The molecule has 0 atom stereocenters. The lowest BCUT2D eigenvalue weighted by Gasteiger charge is -2.42. The van der Waals surface area contributed by atoms with Gasteiger partial charge in [-0.1, -0.05) is 32.0 Å². The second-order valence-electron chi connectivity index (χ2n) is 4.67. The average molecular weight is 218 g/mol. The van der Waals surface area contributed by atoms with Crippen LogP contribution in [0.15, 0.2) is 24.3 Å². The number of nitrogens with zero attached hydrogens (tertiary/aromatic N) is 1. The van der Waals surface area contributed by atoms with Crippen LogP contribution in [0.3, 0.4) is 0 Å². The smallest absolute Gasteiger partial charge is 0.0519 e. The molecule has 2 N–H and O–H groups in total. The van der Waals surface area contributed by atoms with Crippen LogP contribution < -0.4 is 10.6 Å². The lowest BCUT2D eigenvalue weighted by atomic mass is 9.90. The molecule has 0 spiro atoms. The fourth-order valence-corrected chi connectivity index (χ4v) is 2.86. The first-order valence-corrected chi connectivity index (χ1v) is 6.33. The minimum Gasteiger partial charge on any atom is -0.364 e. The largest absolute Gasteiger partial charge is 0.364 e. The highest BCUT2D eigenvalue weighted by Gasteiger charge is 2.35. The summed E-state index contributed by atoms with van der Waals surface area (Å²) in [5.41, 5.74) is 9.06. The lowest BCUT2D eigenvalue weighted by molar-refractivity contribution is 0.374. The van der Waals surface area contributed by atoms with Crippen LogP contribution in [-0.2, 0) is 6.42 Å². The van der Waals surface area contributed by atoms with Gasteiger partial charge in [-0.2, -0.15) is 0 Å². The zero-order valence-electron chi connectivity index (χ0n) is 10.4. The number of rotatable bonds is 4. The van der Waals surface area contributed by atoms with Gasteiger partial charge in [-0.3, -0.25) is 0 Å². The fraction of sp³-hybridized carbons (Fsp3) is 0.571. The molecule has 2 nitrogen and oxygen atoms in total. The lowest BCUT2D eigenvalue weighted by Crippen LogP contribution is -2.52. The molecule has 16 heavy (non-hydrogen) atoms. The Kier molecular flexibility index (Phi) is 3.20. The highest BCUT2D eigenvalue weighted by Crippen LogP contribution is 2.36. The van der Waals surface area contributed by atoms with Gasteiger partial charge < -0.3 is 10.6 Å². The number of hydrogen-bond acceptors (Lipinski definition) is 2. The Morgan fingerprint density at radius 1 is 1.25 bits per heavy atom. The molecule has 1 aromatic carbocycles. The minimum absolute atomic E-state index is 0.159. The number of anilines is 1. The molecule has 1 heterocycles. The van der Waals surface area contributed by atoms with E-state index in [4.69, 9.17) is 5.73 Å². The van der Waals surface area contributed by atoms with Crippen molar-refractivity contribution < 1.29 is 0 Å². The summed E-state index contributed by atoms with van der Waals surface area (Å²) in [7, 11) is 0. The molecule has 0 radical (unpaired) electrons. The topological polar surface area (TPSA) is 29.3 Å². The summed E-state index contributed by atoms with van der Waals surface area (Å²) < 4.78 is 0. The molecule has 0 bridgehead atoms. The summed E-state index contributed by atoms with van der Waals surface area (Å²) in [6.07, 6.45) is 3.40. The second-order valence-corrected chi connectivity index (χ2v) is 4.67. The van der Waals surface area contributed by atoms with Crippen LogP contribution in [0.4, 0.5) is 5.69 Å². The molecule has 0 aromatic heterocycles.